The van der Waals surface area contributed by atoms with E-state index in [1.165, 1.54) is 0 Å². The highest BCUT2D eigenvalue weighted by Gasteiger charge is 2.16. The Morgan fingerprint density at radius 2 is 1.84 bits per heavy atom. The van der Waals surface area contributed by atoms with Crippen molar-refractivity contribution in [3.63, 3.8) is 0 Å². The number of anilines is 1. The van der Waals surface area contributed by atoms with Gasteiger partial charge in [0.2, 0.25) is 0 Å². The normalized spacial score (nSPS) is 10.4. The van der Waals surface area contributed by atoms with Crippen LogP contribution in [0.2, 0.25) is 0 Å². The highest BCUT2D eigenvalue weighted by molar-refractivity contribution is 6.04. The SMILES string of the molecule is CCCCN(C)C(=O)c1cccc(C(=O)Nc2ccc(C)cc2C)n1. The van der Waals surface area contributed by atoms with Crippen LogP contribution in [-0.4, -0.2) is 35.3 Å². The third kappa shape index (κ3) is 4.89. The van der Waals surface area contributed by atoms with Gasteiger partial charge in [0, 0.05) is 19.3 Å². The van der Waals surface area contributed by atoms with Crippen LogP contribution in [0.3, 0.4) is 0 Å². The van der Waals surface area contributed by atoms with Crippen LogP contribution < -0.4 is 5.32 Å². The van der Waals surface area contributed by atoms with Crippen molar-refractivity contribution in [2.75, 3.05) is 18.9 Å². The van der Waals surface area contributed by atoms with Gasteiger partial charge < -0.3 is 10.2 Å². The molecule has 0 spiro atoms. The van der Waals surface area contributed by atoms with E-state index in [0.717, 1.165) is 29.7 Å². The van der Waals surface area contributed by atoms with Crippen LogP contribution in [0.4, 0.5) is 5.69 Å². The van der Waals surface area contributed by atoms with Crippen LogP contribution >= 0.6 is 0 Å². The summed E-state index contributed by atoms with van der Waals surface area (Å²) in [6.45, 7) is 6.70. The molecule has 5 nitrogen and oxygen atoms in total. The van der Waals surface area contributed by atoms with Crippen molar-refractivity contribution in [3.05, 3.63) is 58.9 Å². The summed E-state index contributed by atoms with van der Waals surface area (Å²) in [5, 5.41) is 2.86. The summed E-state index contributed by atoms with van der Waals surface area (Å²) in [7, 11) is 1.75. The monoisotopic (exact) mass is 339 g/mol. The third-order valence-electron chi connectivity index (χ3n) is 4.02. The first-order valence-corrected chi connectivity index (χ1v) is 8.53. The summed E-state index contributed by atoms with van der Waals surface area (Å²) >= 11 is 0. The van der Waals surface area contributed by atoms with Crippen LogP contribution in [0.25, 0.3) is 0 Å². The number of rotatable bonds is 6. The molecule has 0 atom stereocenters. The molecule has 0 aliphatic rings. The number of hydrogen-bond acceptors (Lipinski definition) is 3. The minimum absolute atomic E-state index is 0.172. The molecule has 0 saturated heterocycles. The van der Waals surface area contributed by atoms with Crippen molar-refractivity contribution in [1.82, 2.24) is 9.88 Å². The second-order valence-electron chi connectivity index (χ2n) is 6.26. The number of aromatic nitrogens is 1. The topological polar surface area (TPSA) is 62.3 Å². The van der Waals surface area contributed by atoms with E-state index in [0.29, 0.717) is 6.54 Å². The summed E-state index contributed by atoms with van der Waals surface area (Å²) < 4.78 is 0. The fraction of sp³-hybridized carbons (Fsp3) is 0.350. The molecule has 0 unspecified atom stereocenters. The zero-order valence-electron chi connectivity index (χ0n) is 15.3. The molecule has 0 saturated carbocycles. The number of carbonyl (C=O) groups is 2. The van der Waals surface area contributed by atoms with E-state index >= 15 is 0 Å². The summed E-state index contributed by atoms with van der Waals surface area (Å²) in [5.41, 5.74) is 3.38. The Morgan fingerprint density at radius 3 is 2.52 bits per heavy atom. The molecule has 1 aromatic heterocycles. The Labute approximate surface area is 149 Å². The Morgan fingerprint density at radius 1 is 1.12 bits per heavy atom. The van der Waals surface area contributed by atoms with E-state index in [1.54, 1.807) is 30.1 Å². The second-order valence-corrected chi connectivity index (χ2v) is 6.26. The minimum atomic E-state index is -0.321. The number of carbonyl (C=O) groups excluding carboxylic acids is 2. The van der Waals surface area contributed by atoms with Gasteiger partial charge in [-0.25, -0.2) is 4.98 Å². The van der Waals surface area contributed by atoms with Gasteiger partial charge in [-0.1, -0.05) is 37.1 Å². The van der Waals surface area contributed by atoms with Gasteiger partial charge in [-0.3, -0.25) is 9.59 Å². The van der Waals surface area contributed by atoms with Crippen molar-refractivity contribution in [1.29, 1.82) is 0 Å². The highest BCUT2D eigenvalue weighted by atomic mass is 16.2. The van der Waals surface area contributed by atoms with E-state index < -0.39 is 0 Å². The minimum Gasteiger partial charge on any atom is -0.340 e. The summed E-state index contributed by atoms with van der Waals surface area (Å²) in [5.74, 6) is -0.493. The molecular weight excluding hydrogens is 314 g/mol. The van der Waals surface area contributed by atoms with E-state index in [2.05, 4.69) is 17.2 Å². The van der Waals surface area contributed by atoms with Crippen LogP contribution in [0, 0.1) is 13.8 Å². The van der Waals surface area contributed by atoms with E-state index in [-0.39, 0.29) is 23.2 Å². The summed E-state index contributed by atoms with van der Waals surface area (Å²) in [6.07, 6.45) is 1.96. The predicted molar refractivity (Wildman–Crippen MR) is 100.0 cm³/mol. The number of amides is 2. The maximum absolute atomic E-state index is 12.5. The van der Waals surface area contributed by atoms with Gasteiger partial charge in [-0.05, 0) is 44.0 Å². The lowest BCUT2D eigenvalue weighted by Gasteiger charge is -2.16. The van der Waals surface area contributed by atoms with E-state index in [1.807, 2.05) is 32.0 Å². The quantitative estimate of drug-likeness (QED) is 0.870. The number of benzene rings is 1. The zero-order chi connectivity index (χ0) is 18.4. The summed E-state index contributed by atoms with van der Waals surface area (Å²) in [6, 6.07) is 10.8. The number of aryl methyl sites for hydroxylation is 2. The van der Waals surface area contributed by atoms with Crippen molar-refractivity contribution in [2.24, 2.45) is 0 Å². The lowest BCUT2D eigenvalue weighted by atomic mass is 10.1. The van der Waals surface area contributed by atoms with Gasteiger partial charge in [0.1, 0.15) is 11.4 Å². The Bertz CT molecular complexity index is 771. The van der Waals surface area contributed by atoms with Crippen molar-refractivity contribution in [3.8, 4) is 0 Å². The molecule has 0 fully saturated rings. The van der Waals surface area contributed by atoms with Gasteiger partial charge in [-0.15, -0.1) is 0 Å². The molecule has 2 aromatic rings. The standard InChI is InChI=1S/C20H25N3O2/c1-5-6-12-23(4)20(25)18-9-7-8-17(21-18)19(24)22-16-11-10-14(2)13-15(16)3/h7-11,13H,5-6,12H2,1-4H3,(H,22,24). The number of hydrogen-bond donors (Lipinski definition) is 1. The molecule has 0 aliphatic carbocycles. The van der Waals surface area contributed by atoms with E-state index in [4.69, 9.17) is 0 Å². The van der Waals surface area contributed by atoms with Crippen molar-refractivity contribution < 1.29 is 9.59 Å². The number of nitrogens with one attached hydrogen (secondary N) is 1. The Hall–Kier alpha value is -2.69. The fourth-order valence-corrected chi connectivity index (χ4v) is 2.51. The van der Waals surface area contributed by atoms with Gasteiger partial charge in [0.05, 0.1) is 0 Å². The average Bonchev–Trinajstić information content (AvgIpc) is 2.61. The first kappa shape index (κ1) is 18.6. The third-order valence-corrected chi connectivity index (χ3v) is 4.02. The van der Waals surface area contributed by atoms with Crippen molar-refractivity contribution in [2.45, 2.75) is 33.6 Å². The van der Waals surface area contributed by atoms with Crippen LogP contribution in [0.1, 0.15) is 51.9 Å². The molecule has 0 bridgehead atoms. The number of nitrogens with zero attached hydrogens (tertiary/aromatic N) is 2. The molecule has 2 amide bonds. The van der Waals surface area contributed by atoms with Crippen molar-refractivity contribution >= 4 is 17.5 Å². The highest BCUT2D eigenvalue weighted by Crippen LogP contribution is 2.17. The lowest BCUT2D eigenvalue weighted by molar-refractivity contribution is 0.0787. The maximum Gasteiger partial charge on any atom is 0.274 e. The molecule has 132 valence electrons. The smallest absolute Gasteiger partial charge is 0.274 e. The molecule has 1 N–H and O–H groups in total. The summed E-state index contributed by atoms with van der Waals surface area (Å²) in [4.78, 5) is 30.8. The fourth-order valence-electron chi connectivity index (χ4n) is 2.51. The molecule has 0 aliphatic heterocycles. The predicted octanol–water partition coefficient (Wildman–Crippen LogP) is 3.82. The average molecular weight is 339 g/mol. The first-order valence-electron chi connectivity index (χ1n) is 8.53. The Balaban J connectivity index is 2.14. The van der Waals surface area contributed by atoms with Crippen LogP contribution in [-0.2, 0) is 0 Å². The Kier molecular flexibility index (Phi) is 6.28. The van der Waals surface area contributed by atoms with Crippen LogP contribution in [0.5, 0.6) is 0 Å². The molecule has 2 rings (SSSR count). The molecule has 1 aromatic carbocycles. The first-order chi connectivity index (χ1) is 11.9. The number of unbranched alkanes of at least 4 members (excludes halogenated alkanes) is 1. The van der Waals surface area contributed by atoms with Gasteiger partial charge in [0.25, 0.3) is 11.8 Å². The molecule has 25 heavy (non-hydrogen) atoms. The molecule has 0 radical (unpaired) electrons. The van der Waals surface area contributed by atoms with Gasteiger partial charge >= 0.3 is 0 Å². The lowest BCUT2D eigenvalue weighted by Crippen LogP contribution is -2.29. The maximum atomic E-state index is 12.5. The van der Waals surface area contributed by atoms with E-state index in [9.17, 15) is 9.59 Å². The second kappa shape index (κ2) is 8.42. The molecule has 5 heteroatoms. The number of pyridine rings is 1. The largest absolute Gasteiger partial charge is 0.340 e. The van der Waals surface area contributed by atoms with Gasteiger partial charge in [0.15, 0.2) is 0 Å². The van der Waals surface area contributed by atoms with Crippen LogP contribution in [0.15, 0.2) is 36.4 Å². The molecule has 1 heterocycles. The molecular formula is C20H25N3O2. The van der Waals surface area contributed by atoms with Gasteiger partial charge in [-0.2, -0.15) is 0 Å². The zero-order valence-corrected chi connectivity index (χ0v) is 15.3.